The number of hydrogen-bond acceptors (Lipinski definition) is 5. The number of tetrazole rings is 1. The zero-order valence-electron chi connectivity index (χ0n) is 14.5. The summed E-state index contributed by atoms with van der Waals surface area (Å²) in [6.45, 7) is 0. The van der Waals surface area contributed by atoms with Crippen molar-refractivity contribution in [2.75, 3.05) is 5.32 Å². The summed E-state index contributed by atoms with van der Waals surface area (Å²) in [5.74, 6) is -0.153. The smallest absolute Gasteiger partial charge is 0.274 e. The van der Waals surface area contributed by atoms with Crippen LogP contribution < -0.4 is 5.32 Å². The zero-order chi connectivity index (χ0) is 19.3. The molecule has 1 amide bonds. The second-order valence-corrected chi connectivity index (χ2v) is 5.79. The lowest BCUT2D eigenvalue weighted by Crippen LogP contribution is -2.19. The van der Waals surface area contributed by atoms with Crippen molar-refractivity contribution in [3.05, 3.63) is 84.6 Å². The van der Waals surface area contributed by atoms with E-state index >= 15 is 0 Å². The minimum Gasteiger partial charge on any atom is -0.465 e. The fourth-order valence-electron chi connectivity index (χ4n) is 2.61. The highest BCUT2D eigenvalue weighted by Crippen LogP contribution is 2.22. The highest BCUT2D eigenvalue weighted by Gasteiger charge is 2.20. The predicted molar refractivity (Wildman–Crippen MR) is 101 cm³/mol. The van der Waals surface area contributed by atoms with Crippen molar-refractivity contribution in [2.24, 2.45) is 0 Å². The van der Waals surface area contributed by atoms with Crippen molar-refractivity contribution in [2.45, 2.75) is 0 Å². The first-order valence-corrected chi connectivity index (χ1v) is 8.37. The van der Waals surface area contributed by atoms with E-state index in [-0.39, 0.29) is 5.70 Å². The van der Waals surface area contributed by atoms with Crippen LogP contribution in [0.15, 0.2) is 77.4 Å². The zero-order valence-corrected chi connectivity index (χ0v) is 14.5. The Hall–Kier alpha value is -4.07. The van der Waals surface area contributed by atoms with E-state index in [1.165, 1.54) is 35.2 Å². The van der Waals surface area contributed by atoms with Gasteiger partial charge in [-0.05, 0) is 40.8 Å². The molecule has 8 heteroatoms. The molecule has 0 atom stereocenters. The molecule has 2 aromatic heterocycles. The largest absolute Gasteiger partial charge is 0.465 e. The highest BCUT2D eigenvalue weighted by molar-refractivity contribution is 6.24. The minimum absolute atomic E-state index is 0.114. The van der Waals surface area contributed by atoms with Crippen LogP contribution in [0.2, 0.25) is 0 Å². The molecule has 0 spiro atoms. The van der Waals surface area contributed by atoms with Crippen LogP contribution in [-0.4, -0.2) is 26.1 Å². The Morgan fingerprint density at radius 2 is 1.93 bits per heavy atom. The maximum atomic E-state index is 13.5. The Balaban J connectivity index is 1.76. The maximum absolute atomic E-state index is 13.5. The van der Waals surface area contributed by atoms with Gasteiger partial charge in [-0.15, -0.1) is 5.10 Å². The van der Waals surface area contributed by atoms with E-state index in [1.807, 2.05) is 30.3 Å². The van der Waals surface area contributed by atoms with Gasteiger partial charge in [0.15, 0.2) is 5.82 Å². The number of furan rings is 1. The molecular formula is C20H14FN5O2. The van der Waals surface area contributed by atoms with E-state index in [4.69, 9.17) is 4.42 Å². The van der Waals surface area contributed by atoms with Gasteiger partial charge >= 0.3 is 0 Å². The van der Waals surface area contributed by atoms with Crippen molar-refractivity contribution in [1.29, 1.82) is 0 Å². The monoisotopic (exact) mass is 375 g/mol. The third-order valence-corrected chi connectivity index (χ3v) is 3.87. The summed E-state index contributed by atoms with van der Waals surface area (Å²) in [7, 11) is 0. The van der Waals surface area contributed by atoms with Crippen molar-refractivity contribution < 1.29 is 13.6 Å². The van der Waals surface area contributed by atoms with Gasteiger partial charge in [-0.1, -0.05) is 36.4 Å². The van der Waals surface area contributed by atoms with Crippen molar-refractivity contribution in [1.82, 2.24) is 20.2 Å². The van der Waals surface area contributed by atoms with Crippen molar-refractivity contribution >= 4 is 23.4 Å². The van der Waals surface area contributed by atoms with E-state index in [0.717, 1.165) is 5.56 Å². The summed E-state index contributed by atoms with van der Waals surface area (Å²) < 4.78 is 20.1. The lowest BCUT2D eigenvalue weighted by atomic mass is 10.2. The number of nitrogens with zero attached hydrogens (tertiary/aromatic N) is 4. The van der Waals surface area contributed by atoms with Crippen LogP contribution in [0.5, 0.6) is 0 Å². The van der Waals surface area contributed by atoms with E-state index in [2.05, 4.69) is 20.8 Å². The number of anilines is 1. The Morgan fingerprint density at radius 1 is 1.07 bits per heavy atom. The molecule has 0 radical (unpaired) electrons. The minimum atomic E-state index is -0.522. The van der Waals surface area contributed by atoms with Gasteiger partial charge in [0.05, 0.1) is 6.26 Å². The Kier molecular flexibility index (Phi) is 4.75. The summed E-state index contributed by atoms with van der Waals surface area (Å²) in [5.41, 5.74) is 1.16. The van der Waals surface area contributed by atoms with Crippen LogP contribution in [0, 0.1) is 5.82 Å². The topological polar surface area (TPSA) is 85.8 Å². The molecule has 1 N–H and O–H groups in total. The number of hydrogen-bond donors (Lipinski definition) is 1. The SMILES string of the molecule is O=C(Nc1cccc(F)c1)C(=Cc1ccco1)n1nnnc1-c1ccccc1. The molecule has 4 rings (SSSR count). The second-order valence-electron chi connectivity index (χ2n) is 5.79. The molecule has 2 heterocycles. The number of carbonyl (C=O) groups excluding carboxylic acids is 1. The van der Waals surface area contributed by atoms with Crippen LogP contribution >= 0.6 is 0 Å². The third kappa shape index (κ3) is 3.70. The lowest BCUT2D eigenvalue weighted by Gasteiger charge is -2.10. The average molecular weight is 375 g/mol. The van der Waals surface area contributed by atoms with Gasteiger partial charge in [-0.25, -0.2) is 4.39 Å². The van der Waals surface area contributed by atoms with Gasteiger partial charge in [-0.2, -0.15) is 4.68 Å². The molecule has 28 heavy (non-hydrogen) atoms. The molecule has 0 aliphatic rings. The number of amides is 1. The molecule has 0 saturated carbocycles. The number of rotatable bonds is 5. The number of carbonyl (C=O) groups is 1. The summed E-state index contributed by atoms with van der Waals surface area (Å²) in [6, 6.07) is 18.2. The highest BCUT2D eigenvalue weighted by atomic mass is 19.1. The van der Waals surface area contributed by atoms with Crippen LogP contribution in [0.3, 0.4) is 0 Å². The van der Waals surface area contributed by atoms with Gasteiger partial charge in [0.2, 0.25) is 0 Å². The summed E-state index contributed by atoms with van der Waals surface area (Å²) in [4.78, 5) is 13.0. The standard InChI is InChI=1S/C20H14FN5O2/c21-15-8-4-9-16(12-15)22-20(27)18(13-17-10-5-11-28-17)26-19(23-24-25-26)14-6-2-1-3-7-14/h1-13H,(H,22,27). The first kappa shape index (κ1) is 17.3. The Morgan fingerprint density at radius 3 is 2.68 bits per heavy atom. The molecule has 2 aromatic carbocycles. The van der Waals surface area contributed by atoms with Crippen molar-refractivity contribution in [3.8, 4) is 11.4 Å². The molecular weight excluding hydrogens is 361 g/mol. The van der Waals surface area contributed by atoms with Gasteiger partial charge in [0, 0.05) is 17.3 Å². The van der Waals surface area contributed by atoms with Gasteiger partial charge in [0.25, 0.3) is 5.91 Å². The molecule has 0 aliphatic heterocycles. The first-order chi connectivity index (χ1) is 13.7. The number of benzene rings is 2. The van der Waals surface area contributed by atoms with E-state index in [9.17, 15) is 9.18 Å². The van der Waals surface area contributed by atoms with E-state index in [0.29, 0.717) is 17.3 Å². The van der Waals surface area contributed by atoms with Crippen LogP contribution in [0.1, 0.15) is 5.76 Å². The second kappa shape index (κ2) is 7.67. The van der Waals surface area contributed by atoms with Gasteiger partial charge in [-0.3, -0.25) is 4.79 Å². The van der Waals surface area contributed by atoms with Gasteiger partial charge < -0.3 is 9.73 Å². The number of aromatic nitrogens is 4. The van der Waals surface area contributed by atoms with Crippen LogP contribution in [0.25, 0.3) is 23.2 Å². The quantitative estimate of drug-likeness (QED) is 0.538. The lowest BCUT2D eigenvalue weighted by molar-refractivity contribution is -0.111. The Bertz CT molecular complexity index is 1120. The normalized spacial score (nSPS) is 11.4. The maximum Gasteiger partial charge on any atom is 0.274 e. The molecule has 7 nitrogen and oxygen atoms in total. The fraction of sp³-hybridized carbons (Fsp3) is 0. The summed E-state index contributed by atoms with van der Waals surface area (Å²) in [6.07, 6.45) is 3.00. The third-order valence-electron chi connectivity index (χ3n) is 3.87. The summed E-state index contributed by atoms with van der Waals surface area (Å²) >= 11 is 0. The molecule has 4 aromatic rings. The van der Waals surface area contributed by atoms with E-state index in [1.54, 1.807) is 18.2 Å². The molecule has 138 valence electrons. The number of nitrogens with one attached hydrogen (secondary N) is 1. The first-order valence-electron chi connectivity index (χ1n) is 8.37. The van der Waals surface area contributed by atoms with Crippen LogP contribution in [-0.2, 0) is 4.79 Å². The molecule has 0 unspecified atom stereocenters. The number of halogens is 1. The fourth-order valence-corrected chi connectivity index (χ4v) is 2.61. The Labute approximate surface area is 159 Å². The molecule has 0 fully saturated rings. The molecule has 0 aliphatic carbocycles. The molecule has 0 bridgehead atoms. The van der Waals surface area contributed by atoms with Crippen molar-refractivity contribution in [3.63, 3.8) is 0 Å². The van der Waals surface area contributed by atoms with E-state index < -0.39 is 11.7 Å². The van der Waals surface area contributed by atoms with Crippen LogP contribution in [0.4, 0.5) is 10.1 Å². The molecule has 0 saturated heterocycles. The summed E-state index contributed by atoms with van der Waals surface area (Å²) in [5, 5.41) is 14.4. The average Bonchev–Trinajstić information content (AvgIpc) is 3.38. The predicted octanol–water partition coefficient (Wildman–Crippen LogP) is 3.71. The van der Waals surface area contributed by atoms with Gasteiger partial charge in [0.1, 0.15) is 17.3 Å².